The minimum atomic E-state index is -3.66. The minimum Gasteiger partial charge on any atom is -0.366 e. The number of nitrogens with zero attached hydrogens (tertiary/aromatic N) is 1. The molecular formula is C14H10N2O3S. The lowest BCUT2D eigenvalue weighted by Crippen LogP contribution is -2.11. The third kappa shape index (κ3) is 1.81. The number of fused-ring (bicyclic) bond motifs is 2. The molecule has 1 heterocycles. The molecule has 0 radical (unpaired) electrons. The first-order valence-electron chi connectivity index (χ1n) is 5.82. The Labute approximate surface area is 115 Å². The van der Waals surface area contributed by atoms with Crippen LogP contribution >= 0.6 is 0 Å². The van der Waals surface area contributed by atoms with Gasteiger partial charge in [-0.2, -0.15) is 0 Å². The average Bonchev–Trinajstić information content (AvgIpc) is 2.55. The van der Waals surface area contributed by atoms with E-state index in [9.17, 15) is 13.2 Å². The van der Waals surface area contributed by atoms with E-state index in [1.165, 1.54) is 30.5 Å². The molecule has 0 spiro atoms. The van der Waals surface area contributed by atoms with Crippen LogP contribution in [0, 0.1) is 0 Å². The van der Waals surface area contributed by atoms with E-state index in [2.05, 4.69) is 4.99 Å². The first-order valence-corrected chi connectivity index (χ1v) is 7.30. The van der Waals surface area contributed by atoms with Crippen LogP contribution in [0.2, 0.25) is 0 Å². The Morgan fingerprint density at radius 1 is 1.05 bits per heavy atom. The molecule has 2 aromatic carbocycles. The van der Waals surface area contributed by atoms with Gasteiger partial charge in [-0.05, 0) is 24.3 Å². The zero-order valence-corrected chi connectivity index (χ0v) is 11.1. The number of sulfone groups is 1. The maximum Gasteiger partial charge on any atom is 0.248 e. The van der Waals surface area contributed by atoms with Gasteiger partial charge in [0, 0.05) is 17.3 Å². The van der Waals surface area contributed by atoms with Crippen molar-refractivity contribution in [1.29, 1.82) is 0 Å². The smallest absolute Gasteiger partial charge is 0.248 e. The summed E-state index contributed by atoms with van der Waals surface area (Å²) in [5, 5.41) is 0. The maximum atomic E-state index is 12.6. The van der Waals surface area contributed by atoms with Gasteiger partial charge in [0.15, 0.2) is 0 Å². The van der Waals surface area contributed by atoms with E-state index in [0.29, 0.717) is 5.56 Å². The van der Waals surface area contributed by atoms with Crippen molar-refractivity contribution in [2.75, 3.05) is 0 Å². The summed E-state index contributed by atoms with van der Waals surface area (Å²) in [5.74, 6) is -0.623. The van der Waals surface area contributed by atoms with Gasteiger partial charge in [0.05, 0.1) is 15.5 Å². The van der Waals surface area contributed by atoms with Crippen molar-refractivity contribution < 1.29 is 13.2 Å². The SMILES string of the molecule is NC(=O)c1ccc2c(c1)N=Cc1ccccc1S2(=O)=O. The molecular weight excluding hydrogens is 276 g/mol. The van der Waals surface area contributed by atoms with E-state index in [-0.39, 0.29) is 21.0 Å². The number of hydrogen-bond donors (Lipinski definition) is 1. The first-order chi connectivity index (χ1) is 9.50. The van der Waals surface area contributed by atoms with Crippen molar-refractivity contribution in [1.82, 2.24) is 0 Å². The molecule has 0 aromatic heterocycles. The Morgan fingerprint density at radius 3 is 2.55 bits per heavy atom. The monoisotopic (exact) mass is 286 g/mol. The van der Waals surface area contributed by atoms with E-state index >= 15 is 0 Å². The summed E-state index contributed by atoms with van der Waals surface area (Å²) >= 11 is 0. The van der Waals surface area contributed by atoms with Crippen LogP contribution in [-0.4, -0.2) is 20.5 Å². The third-order valence-electron chi connectivity index (χ3n) is 3.08. The van der Waals surface area contributed by atoms with Crippen molar-refractivity contribution in [2.45, 2.75) is 9.79 Å². The molecule has 1 amide bonds. The third-order valence-corrected chi connectivity index (χ3v) is 4.96. The predicted molar refractivity (Wildman–Crippen MR) is 74.1 cm³/mol. The Morgan fingerprint density at radius 2 is 1.80 bits per heavy atom. The second-order valence-corrected chi connectivity index (χ2v) is 6.23. The molecule has 2 aromatic rings. The highest BCUT2D eigenvalue weighted by molar-refractivity contribution is 7.91. The molecule has 0 saturated heterocycles. The number of aliphatic imine (C=N–C) groups is 1. The van der Waals surface area contributed by atoms with E-state index in [0.717, 1.165) is 0 Å². The van der Waals surface area contributed by atoms with Gasteiger partial charge in [-0.25, -0.2) is 8.42 Å². The molecule has 20 heavy (non-hydrogen) atoms. The predicted octanol–water partition coefficient (Wildman–Crippen LogP) is 1.68. The quantitative estimate of drug-likeness (QED) is 0.738. The second kappa shape index (κ2) is 4.28. The van der Waals surface area contributed by atoms with Gasteiger partial charge >= 0.3 is 0 Å². The lowest BCUT2D eigenvalue weighted by Gasteiger charge is -2.07. The lowest BCUT2D eigenvalue weighted by atomic mass is 10.2. The zero-order chi connectivity index (χ0) is 14.3. The summed E-state index contributed by atoms with van der Waals surface area (Å²) in [4.78, 5) is 15.6. The van der Waals surface area contributed by atoms with Crippen LogP contribution < -0.4 is 5.73 Å². The van der Waals surface area contributed by atoms with Gasteiger partial charge < -0.3 is 5.73 Å². The fourth-order valence-electron chi connectivity index (χ4n) is 2.09. The standard InChI is InChI=1S/C14H10N2O3S/c15-14(17)9-5-6-13-11(7-9)16-8-10-3-1-2-4-12(10)20(13,18)19/h1-8H,(H2,15,17). The molecule has 1 aliphatic rings. The number of nitrogens with two attached hydrogens (primary N) is 1. The summed E-state index contributed by atoms with van der Waals surface area (Å²) in [6.07, 6.45) is 1.48. The Bertz CT molecular complexity index is 854. The van der Waals surface area contributed by atoms with Crippen LogP contribution in [0.4, 0.5) is 5.69 Å². The van der Waals surface area contributed by atoms with Crippen LogP contribution in [0.25, 0.3) is 0 Å². The maximum absolute atomic E-state index is 12.6. The minimum absolute atomic E-state index is 0.0729. The Kier molecular flexibility index (Phi) is 2.69. The molecule has 0 atom stereocenters. The summed E-state index contributed by atoms with van der Waals surface area (Å²) in [7, 11) is -3.66. The first kappa shape index (κ1) is 12.6. The average molecular weight is 286 g/mol. The van der Waals surface area contributed by atoms with Gasteiger partial charge in [0.1, 0.15) is 0 Å². The number of carbonyl (C=O) groups is 1. The van der Waals surface area contributed by atoms with Gasteiger partial charge in [-0.1, -0.05) is 18.2 Å². The van der Waals surface area contributed by atoms with E-state index in [4.69, 9.17) is 5.73 Å². The van der Waals surface area contributed by atoms with E-state index < -0.39 is 15.7 Å². The number of hydrogen-bond acceptors (Lipinski definition) is 4. The number of carbonyl (C=O) groups excluding carboxylic acids is 1. The summed E-state index contributed by atoms with van der Waals surface area (Å²) in [5.41, 5.74) is 6.16. The van der Waals surface area contributed by atoms with Crippen LogP contribution in [0.1, 0.15) is 15.9 Å². The topological polar surface area (TPSA) is 89.6 Å². The highest BCUT2D eigenvalue weighted by Crippen LogP contribution is 2.34. The van der Waals surface area contributed by atoms with Crippen molar-refractivity contribution >= 4 is 27.6 Å². The summed E-state index contributed by atoms with van der Waals surface area (Å²) in [6, 6.07) is 10.8. The normalized spacial score (nSPS) is 15.0. The van der Waals surface area contributed by atoms with Gasteiger partial charge in [0.25, 0.3) is 0 Å². The van der Waals surface area contributed by atoms with E-state index in [1.54, 1.807) is 18.2 Å². The fraction of sp³-hybridized carbons (Fsp3) is 0. The molecule has 0 fully saturated rings. The van der Waals surface area contributed by atoms with Gasteiger partial charge in [0.2, 0.25) is 15.7 Å². The Hall–Kier alpha value is -2.47. The molecule has 0 saturated carbocycles. The molecule has 0 aliphatic carbocycles. The second-order valence-electron chi connectivity index (χ2n) is 4.35. The molecule has 100 valence electrons. The summed E-state index contributed by atoms with van der Waals surface area (Å²) in [6.45, 7) is 0. The highest BCUT2D eigenvalue weighted by atomic mass is 32.2. The van der Waals surface area contributed by atoms with Crippen LogP contribution in [0.3, 0.4) is 0 Å². The fourth-order valence-corrected chi connectivity index (χ4v) is 3.65. The molecule has 2 N–H and O–H groups in total. The zero-order valence-electron chi connectivity index (χ0n) is 10.3. The van der Waals surface area contributed by atoms with Gasteiger partial charge in [-0.15, -0.1) is 0 Å². The summed E-state index contributed by atoms with van der Waals surface area (Å²) < 4.78 is 25.2. The molecule has 3 rings (SSSR count). The molecule has 1 aliphatic heterocycles. The van der Waals surface area contributed by atoms with Crippen LogP contribution in [0.15, 0.2) is 57.2 Å². The van der Waals surface area contributed by atoms with Crippen LogP contribution in [0.5, 0.6) is 0 Å². The number of benzene rings is 2. The van der Waals surface area contributed by atoms with Crippen molar-refractivity contribution in [2.24, 2.45) is 10.7 Å². The molecule has 6 heteroatoms. The number of primary amides is 1. The Balaban J connectivity index is 2.33. The van der Waals surface area contributed by atoms with Crippen molar-refractivity contribution in [3.63, 3.8) is 0 Å². The highest BCUT2D eigenvalue weighted by Gasteiger charge is 2.26. The number of amides is 1. The molecule has 5 nitrogen and oxygen atoms in total. The van der Waals surface area contributed by atoms with Crippen molar-refractivity contribution in [3.8, 4) is 0 Å². The lowest BCUT2D eigenvalue weighted by molar-refractivity contribution is 0.1000. The largest absolute Gasteiger partial charge is 0.366 e. The molecule has 0 unspecified atom stereocenters. The van der Waals surface area contributed by atoms with Crippen molar-refractivity contribution in [3.05, 3.63) is 53.6 Å². The van der Waals surface area contributed by atoms with Gasteiger partial charge in [-0.3, -0.25) is 9.79 Å². The van der Waals surface area contributed by atoms with Crippen LogP contribution in [-0.2, 0) is 9.84 Å². The van der Waals surface area contributed by atoms with E-state index in [1.807, 2.05) is 0 Å². The molecule has 0 bridgehead atoms. The number of rotatable bonds is 1.